The Labute approximate surface area is 105 Å². The minimum Gasteiger partial charge on any atom is -0.548 e. The highest BCUT2D eigenvalue weighted by Gasteiger charge is 2.58. The maximum Gasteiger partial charge on any atom is 0.420 e. The molecule has 0 aromatic carbocycles. The van der Waals surface area contributed by atoms with E-state index in [1.165, 1.54) is 7.05 Å². The van der Waals surface area contributed by atoms with Crippen molar-refractivity contribution in [1.29, 1.82) is 0 Å². The SMILES string of the molecule is CN1C(=O)[N+](CC(F)F)(C(C)(C)C)CC1C(=O)[O-]. The van der Waals surface area contributed by atoms with Crippen LogP contribution in [0.5, 0.6) is 0 Å². The van der Waals surface area contributed by atoms with Gasteiger partial charge in [-0.1, -0.05) is 0 Å². The number of rotatable bonds is 3. The molecule has 1 aliphatic heterocycles. The van der Waals surface area contributed by atoms with Crippen LogP contribution in [-0.2, 0) is 4.79 Å². The molecule has 0 saturated carbocycles. The Bertz CT molecular complexity index is 368. The van der Waals surface area contributed by atoms with Gasteiger partial charge >= 0.3 is 6.03 Å². The number of hydrogen-bond donors (Lipinski definition) is 0. The second-order valence-corrected chi connectivity index (χ2v) is 5.62. The van der Waals surface area contributed by atoms with Crippen molar-refractivity contribution in [2.24, 2.45) is 0 Å². The third kappa shape index (κ3) is 2.19. The van der Waals surface area contributed by atoms with E-state index < -0.39 is 41.0 Å². The van der Waals surface area contributed by atoms with Crippen LogP contribution in [0.1, 0.15) is 20.8 Å². The van der Waals surface area contributed by atoms with E-state index in [4.69, 9.17) is 0 Å². The number of nitrogens with zero attached hydrogens (tertiary/aromatic N) is 2. The first kappa shape index (κ1) is 14.8. The predicted octanol–water partition coefficient (Wildman–Crippen LogP) is 0.0507. The van der Waals surface area contributed by atoms with Gasteiger partial charge < -0.3 is 9.90 Å². The summed E-state index contributed by atoms with van der Waals surface area (Å²) in [5.41, 5.74) is -0.800. The van der Waals surface area contributed by atoms with Gasteiger partial charge in [0.05, 0.1) is 11.5 Å². The van der Waals surface area contributed by atoms with Gasteiger partial charge in [0.2, 0.25) is 0 Å². The maximum absolute atomic E-state index is 12.7. The Morgan fingerprint density at radius 3 is 2.33 bits per heavy atom. The third-order valence-electron chi connectivity index (χ3n) is 3.63. The number of amides is 2. The van der Waals surface area contributed by atoms with Crippen LogP contribution in [0, 0.1) is 0 Å². The molecule has 0 radical (unpaired) electrons. The van der Waals surface area contributed by atoms with Gasteiger partial charge in [0, 0.05) is 7.05 Å². The molecule has 0 N–H and O–H groups in total. The molecule has 2 unspecified atom stereocenters. The summed E-state index contributed by atoms with van der Waals surface area (Å²) in [6.07, 6.45) is -2.68. The number of quaternary nitrogens is 1. The average Bonchev–Trinajstić information content (AvgIpc) is 2.42. The summed E-state index contributed by atoms with van der Waals surface area (Å²) in [7, 11) is 1.31. The number of alkyl halides is 2. The Balaban J connectivity index is 3.21. The number of aliphatic carboxylic acids is 1. The zero-order valence-corrected chi connectivity index (χ0v) is 10.9. The molecule has 2 amide bonds. The van der Waals surface area contributed by atoms with Gasteiger partial charge in [-0.3, -0.25) is 4.90 Å². The molecule has 0 aromatic heterocycles. The molecule has 0 bridgehead atoms. The van der Waals surface area contributed by atoms with Gasteiger partial charge in [-0.15, -0.1) is 0 Å². The van der Waals surface area contributed by atoms with Gasteiger partial charge in [-0.25, -0.2) is 18.1 Å². The van der Waals surface area contributed by atoms with Crippen LogP contribution in [-0.4, -0.2) is 59.5 Å². The summed E-state index contributed by atoms with van der Waals surface area (Å²) in [5, 5.41) is 11.0. The second-order valence-electron chi connectivity index (χ2n) is 5.62. The van der Waals surface area contributed by atoms with E-state index in [2.05, 4.69) is 0 Å². The van der Waals surface area contributed by atoms with Crippen LogP contribution < -0.4 is 5.11 Å². The fourth-order valence-electron chi connectivity index (χ4n) is 2.39. The van der Waals surface area contributed by atoms with Gasteiger partial charge in [-0.05, 0) is 20.8 Å². The van der Waals surface area contributed by atoms with Crippen LogP contribution in [0.3, 0.4) is 0 Å². The molecule has 1 aliphatic rings. The van der Waals surface area contributed by atoms with Gasteiger partial charge in [-0.2, -0.15) is 0 Å². The lowest BCUT2D eigenvalue weighted by molar-refractivity contribution is -0.893. The first-order valence-electron chi connectivity index (χ1n) is 5.66. The van der Waals surface area contributed by atoms with Crippen molar-refractivity contribution >= 4 is 12.0 Å². The topological polar surface area (TPSA) is 60.4 Å². The van der Waals surface area contributed by atoms with Crippen molar-refractivity contribution < 1.29 is 28.0 Å². The molecule has 1 saturated heterocycles. The summed E-state index contributed by atoms with van der Waals surface area (Å²) >= 11 is 0. The van der Waals surface area contributed by atoms with E-state index in [-0.39, 0.29) is 6.54 Å². The van der Waals surface area contributed by atoms with E-state index in [1.54, 1.807) is 20.8 Å². The van der Waals surface area contributed by atoms with E-state index in [1.807, 2.05) is 0 Å². The lowest BCUT2D eigenvalue weighted by atomic mass is 10.0. The summed E-state index contributed by atoms with van der Waals surface area (Å²) in [6.45, 7) is 4.08. The molecule has 2 atom stereocenters. The van der Waals surface area contributed by atoms with Crippen molar-refractivity contribution in [3.05, 3.63) is 0 Å². The lowest BCUT2D eigenvalue weighted by Gasteiger charge is -2.42. The molecule has 0 aliphatic carbocycles. The Kier molecular flexibility index (Phi) is 3.67. The smallest absolute Gasteiger partial charge is 0.420 e. The van der Waals surface area contributed by atoms with Gasteiger partial charge in [0.1, 0.15) is 19.1 Å². The predicted molar refractivity (Wildman–Crippen MR) is 57.7 cm³/mol. The van der Waals surface area contributed by atoms with Crippen molar-refractivity contribution in [2.75, 3.05) is 20.1 Å². The van der Waals surface area contributed by atoms with Crippen LogP contribution in [0.25, 0.3) is 0 Å². The maximum atomic E-state index is 12.7. The first-order valence-corrected chi connectivity index (χ1v) is 5.66. The number of carbonyl (C=O) groups is 2. The summed E-state index contributed by atoms with van der Waals surface area (Å²) < 4.78 is 24.9. The van der Waals surface area contributed by atoms with Crippen LogP contribution in [0.2, 0.25) is 0 Å². The normalized spacial score (nSPS) is 29.2. The van der Waals surface area contributed by atoms with E-state index in [0.717, 1.165) is 4.90 Å². The number of carboxylic acids is 1. The minimum atomic E-state index is -2.68. The van der Waals surface area contributed by atoms with Crippen LogP contribution >= 0.6 is 0 Å². The Morgan fingerprint density at radius 2 is 2.06 bits per heavy atom. The molecular weight excluding hydrogens is 246 g/mol. The monoisotopic (exact) mass is 264 g/mol. The number of halogens is 2. The molecule has 0 spiro atoms. The zero-order valence-electron chi connectivity index (χ0n) is 10.9. The van der Waals surface area contributed by atoms with Crippen LogP contribution in [0.15, 0.2) is 0 Å². The average molecular weight is 264 g/mol. The van der Waals surface area contributed by atoms with E-state index in [0.29, 0.717) is 0 Å². The molecule has 18 heavy (non-hydrogen) atoms. The standard InChI is InChI=1S/C11H18F2N2O3/c1-11(2,3)15(6-8(12)13)5-7(9(16)17)14(4)10(15)18/h7-8H,5-6H2,1-4H3. The van der Waals surface area contributed by atoms with Gasteiger partial charge in [0.25, 0.3) is 6.43 Å². The molecule has 104 valence electrons. The summed E-state index contributed by atoms with van der Waals surface area (Å²) in [4.78, 5) is 24.1. The first-order chi connectivity index (χ1) is 8.03. The molecular formula is C11H18F2N2O3. The van der Waals surface area contributed by atoms with Crippen molar-refractivity contribution in [3.63, 3.8) is 0 Å². The fraction of sp³-hybridized carbons (Fsp3) is 0.818. The third-order valence-corrected chi connectivity index (χ3v) is 3.63. The fourth-order valence-corrected chi connectivity index (χ4v) is 2.39. The molecule has 0 aromatic rings. The summed E-state index contributed by atoms with van der Waals surface area (Å²) in [5.74, 6) is -1.41. The highest BCUT2D eigenvalue weighted by molar-refractivity contribution is 5.81. The van der Waals surface area contributed by atoms with Crippen molar-refractivity contribution in [3.8, 4) is 0 Å². The highest BCUT2D eigenvalue weighted by Crippen LogP contribution is 2.34. The Hall–Kier alpha value is -1.24. The number of carboxylic acid groups (broad SMARTS) is 1. The largest absolute Gasteiger partial charge is 0.548 e. The second kappa shape index (κ2) is 4.46. The van der Waals surface area contributed by atoms with Crippen molar-refractivity contribution in [1.82, 2.24) is 4.90 Å². The van der Waals surface area contributed by atoms with Gasteiger partial charge in [0.15, 0.2) is 0 Å². The van der Waals surface area contributed by atoms with E-state index in [9.17, 15) is 23.5 Å². The molecule has 1 rings (SSSR count). The quantitative estimate of drug-likeness (QED) is 0.677. The number of carbonyl (C=O) groups excluding carboxylic acids is 2. The number of likely N-dealkylation sites (N-methyl/N-ethyl adjacent to an activating group) is 1. The summed E-state index contributed by atoms with van der Waals surface area (Å²) in [6, 6.07) is -1.76. The van der Waals surface area contributed by atoms with E-state index >= 15 is 0 Å². The zero-order chi connectivity index (χ0) is 14.3. The Morgan fingerprint density at radius 1 is 1.56 bits per heavy atom. The number of urea groups is 1. The molecule has 1 fully saturated rings. The molecule has 5 nitrogen and oxygen atoms in total. The lowest BCUT2D eigenvalue weighted by Crippen LogP contribution is -2.64. The minimum absolute atomic E-state index is 0.189. The molecule has 1 heterocycles. The van der Waals surface area contributed by atoms with Crippen LogP contribution in [0.4, 0.5) is 13.6 Å². The number of hydrogen-bond acceptors (Lipinski definition) is 3. The molecule has 7 heteroatoms. The highest BCUT2D eigenvalue weighted by atomic mass is 19.3. The van der Waals surface area contributed by atoms with Crippen molar-refractivity contribution in [2.45, 2.75) is 38.8 Å².